The van der Waals surface area contributed by atoms with Crippen molar-refractivity contribution in [1.29, 1.82) is 0 Å². The fraction of sp³-hybridized carbons (Fsp3) is 0.357. The maximum absolute atomic E-state index is 4.56. The average molecular weight is 270 g/mol. The second kappa shape index (κ2) is 4.96. The van der Waals surface area contributed by atoms with Crippen molar-refractivity contribution in [1.82, 2.24) is 24.6 Å². The Morgan fingerprint density at radius 3 is 2.75 bits per heavy atom. The number of aromatic nitrogens is 5. The van der Waals surface area contributed by atoms with Crippen LogP contribution in [0.15, 0.2) is 30.9 Å². The predicted octanol–water partition coefficient (Wildman–Crippen LogP) is 2.75. The molecule has 6 heteroatoms. The third-order valence-electron chi connectivity index (χ3n) is 3.28. The van der Waals surface area contributed by atoms with Crippen LogP contribution in [-0.4, -0.2) is 24.6 Å². The number of hydrogen-bond acceptors (Lipinski definition) is 4. The molecule has 2 N–H and O–H groups in total. The zero-order chi connectivity index (χ0) is 14.1. The molecule has 6 nitrogen and oxygen atoms in total. The maximum Gasteiger partial charge on any atom is 0.152 e. The lowest BCUT2D eigenvalue weighted by Gasteiger charge is -2.12. The smallest absolute Gasteiger partial charge is 0.152 e. The van der Waals surface area contributed by atoms with E-state index in [0.29, 0.717) is 5.92 Å². The molecule has 0 aliphatic rings. The van der Waals surface area contributed by atoms with E-state index in [-0.39, 0.29) is 6.04 Å². The van der Waals surface area contributed by atoms with Crippen molar-refractivity contribution in [3.05, 3.63) is 42.4 Å². The summed E-state index contributed by atoms with van der Waals surface area (Å²) in [4.78, 5) is 11.8. The summed E-state index contributed by atoms with van der Waals surface area (Å²) in [6, 6.07) is 2.13. The minimum Gasteiger partial charge on any atom is -0.359 e. The van der Waals surface area contributed by atoms with Crippen LogP contribution < -0.4 is 5.32 Å². The quantitative estimate of drug-likeness (QED) is 0.764. The highest BCUT2D eigenvalue weighted by atomic mass is 15.2. The molecule has 3 aromatic heterocycles. The van der Waals surface area contributed by atoms with Crippen LogP contribution in [0.3, 0.4) is 0 Å². The van der Waals surface area contributed by atoms with Crippen LogP contribution in [0, 0.1) is 0 Å². The van der Waals surface area contributed by atoms with E-state index in [9.17, 15) is 0 Å². The number of nitrogens with zero attached hydrogens (tertiary/aromatic N) is 4. The molecule has 3 rings (SSSR count). The van der Waals surface area contributed by atoms with Gasteiger partial charge in [0.15, 0.2) is 5.82 Å². The Bertz CT molecular complexity index is 698. The molecule has 0 aromatic carbocycles. The molecule has 0 amide bonds. The van der Waals surface area contributed by atoms with Gasteiger partial charge in [-0.15, -0.1) is 0 Å². The molecule has 3 heterocycles. The number of nitrogens with one attached hydrogen (secondary N) is 2. The van der Waals surface area contributed by atoms with E-state index in [1.807, 2.05) is 23.8 Å². The molecule has 0 saturated carbocycles. The van der Waals surface area contributed by atoms with Crippen LogP contribution in [-0.2, 0) is 0 Å². The first-order chi connectivity index (χ1) is 9.65. The number of hydrogen-bond donors (Lipinski definition) is 2. The Morgan fingerprint density at radius 1 is 1.20 bits per heavy atom. The van der Waals surface area contributed by atoms with Gasteiger partial charge in [0.1, 0.15) is 11.3 Å². The van der Waals surface area contributed by atoms with E-state index >= 15 is 0 Å². The Hall–Kier alpha value is -2.37. The summed E-state index contributed by atoms with van der Waals surface area (Å²) < 4.78 is 1.86. The molecule has 0 bridgehead atoms. The monoisotopic (exact) mass is 270 g/mol. The van der Waals surface area contributed by atoms with Crippen molar-refractivity contribution in [2.75, 3.05) is 5.32 Å². The van der Waals surface area contributed by atoms with Gasteiger partial charge in [-0.1, -0.05) is 13.8 Å². The molecular weight excluding hydrogens is 252 g/mol. The summed E-state index contributed by atoms with van der Waals surface area (Å²) in [7, 11) is 0. The second-order valence-electron chi connectivity index (χ2n) is 5.17. The van der Waals surface area contributed by atoms with Gasteiger partial charge >= 0.3 is 0 Å². The van der Waals surface area contributed by atoms with Crippen LogP contribution >= 0.6 is 0 Å². The topological polar surface area (TPSA) is 70.9 Å². The third kappa shape index (κ3) is 2.24. The first-order valence-corrected chi connectivity index (χ1v) is 6.75. The highest BCUT2D eigenvalue weighted by molar-refractivity contribution is 5.68. The van der Waals surface area contributed by atoms with Gasteiger partial charge in [-0.25, -0.2) is 14.5 Å². The van der Waals surface area contributed by atoms with E-state index in [2.05, 4.69) is 45.3 Å². The first kappa shape index (κ1) is 12.7. The van der Waals surface area contributed by atoms with Crippen molar-refractivity contribution in [2.24, 2.45) is 0 Å². The van der Waals surface area contributed by atoms with Crippen molar-refractivity contribution in [2.45, 2.75) is 32.7 Å². The Morgan fingerprint density at radius 2 is 2.05 bits per heavy atom. The maximum atomic E-state index is 4.56. The summed E-state index contributed by atoms with van der Waals surface area (Å²) in [6.45, 7) is 6.31. The number of rotatable bonds is 4. The van der Waals surface area contributed by atoms with Crippen molar-refractivity contribution < 1.29 is 0 Å². The molecular formula is C14H18N6. The molecule has 0 saturated heterocycles. The van der Waals surface area contributed by atoms with Crippen molar-refractivity contribution in [3.63, 3.8) is 0 Å². The number of H-pyrrole nitrogens is 1. The Balaban J connectivity index is 1.95. The molecule has 0 aliphatic carbocycles. The number of imidazole rings is 1. The van der Waals surface area contributed by atoms with E-state index in [1.54, 1.807) is 12.4 Å². The van der Waals surface area contributed by atoms with Crippen LogP contribution in [0.2, 0.25) is 0 Å². The minimum absolute atomic E-state index is 0.0566. The summed E-state index contributed by atoms with van der Waals surface area (Å²) in [5, 5.41) is 7.93. The molecule has 3 aromatic rings. The molecule has 20 heavy (non-hydrogen) atoms. The zero-order valence-corrected chi connectivity index (χ0v) is 11.8. The van der Waals surface area contributed by atoms with Gasteiger partial charge < -0.3 is 10.3 Å². The van der Waals surface area contributed by atoms with E-state index < -0.39 is 0 Å². The number of aromatic amines is 1. The Labute approximate surface area is 117 Å². The number of anilines is 1. The highest BCUT2D eigenvalue weighted by Gasteiger charge is 2.13. The fourth-order valence-electron chi connectivity index (χ4n) is 2.12. The van der Waals surface area contributed by atoms with Gasteiger partial charge in [0.05, 0.1) is 11.7 Å². The molecule has 1 unspecified atom stereocenters. The summed E-state index contributed by atoms with van der Waals surface area (Å²) >= 11 is 0. The van der Waals surface area contributed by atoms with E-state index in [1.165, 1.54) is 0 Å². The predicted molar refractivity (Wildman–Crippen MR) is 77.7 cm³/mol. The number of fused-ring (bicyclic) bond motifs is 1. The van der Waals surface area contributed by atoms with Crippen LogP contribution in [0.1, 0.15) is 44.2 Å². The Kier molecular flexibility index (Phi) is 3.14. The molecule has 0 radical (unpaired) electrons. The van der Waals surface area contributed by atoms with E-state index in [0.717, 1.165) is 22.9 Å². The van der Waals surface area contributed by atoms with E-state index in [4.69, 9.17) is 0 Å². The van der Waals surface area contributed by atoms with Crippen molar-refractivity contribution >= 4 is 11.3 Å². The molecule has 104 valence electrons. The normalized spacial score (nSPS) is 13.0. The zero-order valence-electron chi connectivity index (χ0n) is 11.8. The SMILES string of the molecule is CC(C)c1cc2c(NC(C)c3ncc[nH]3)nccn2n1. The first-order valence-electron chi connectivity index (χ1n) is 6.75. The van der Waals surface area contributed by atoms with Gasteiger partial charge in [0.2, 0.25) is 0 Å². The fourth-order valence-corrected chi connectivity index (χ4v) is 2.12. The lowest BCUT2D eigenvalue weighted by molar-refractivity contribution is 0.782. The van der Waals surface area contributed by atoms with Crippen LogP contribution in [0.25, 0.3) is 5.52 Å². The standard InChI is InChI=1S/C14H18N6/c1-9(2)11-8-12-14(17-6-7-20(12)19-11)18-10(3)13-15-4-5-16-13/h4-10H,1-3H3,(H,15,16)(H,17,18). The lowest BCUT2D eigenvalue weighted by atomic mass is 10.1. The molecule has 1 atom stereocenters. The van der Waals surface area contributed by atoms with Gasteiger partial charge in [-0.3, -0.25) is 0 Å². The summed E-state index contributed by atoms with van der Waals surface area (Å²) in [5.74, 6) is 2.10. The summed E-state index contributed by atoms with van der Waals surface area (Å²) in [6.07, 6.45) is 7.18. The van der Waals surface area contributed by atoms with Gasteiger partial charge in [0, 0.05) is 24.8 Å². The minimum atomic E-state index is 0.0566. The highest BCUT2D eigenvalue weighted by Crippen LogP contribution is 2.22. The third-order valence-corrected chi connectivity index (χ3v) is 3.28. The van der Waals surface area contributed by atoms with Gasteiger partial charge in [-0.05, 0) is 18.9 Å². The lowest BCUT2D eigenvalue weighted by Crippen LogP contribution is -2.10. The molecule has 0 fully saturated rings. The van der Waals surface area contributed by atoms with Crippen molar-refractivity contribution in [3.8, 4) is 0 Å². The molecule has 0 spiro atoms. The second-order valence-corrected chi connectivity index (χ2v) is 5.17. The van der Waals surface area contributed by atoms with Gasteiger partial charge in [0.25, 0.3) is 0 Å². The van der Waals surface area contributed by atoms with Gasteiger partial charge in [-0.2, -0.15) is 5.10 Å². The summed E-state index contributed by atoms with van der Waals surface area (Å²) in [5.41, 5.74) is 2.04. The average Bonchev–Trinajstić information content (AvgIpc) is 3.08. The van der Waals surface area contributed by atoms with Crippen LogP contribution in [0.5, 0.6) is 0 Å². The van der Waals surface area contributed by atoms with Crippen LogP contribution in [0.4, 0.5) is 5.82 Å². The molecule has 0 aliphatic heterocycles. The largest absolute Gasteiger partial charge is 0.359 e.